The van der Waals surface area contributed by atoms with E-state index < -0.39 is 0 Å². The second-order valence-corrected chi connectivity index (χ2v) is 4.98. The molecule has 0 aliphatic carbocycles. The van der Waals surface area contributed by atoms with Crippen LogP contribution in [-0.2, 0) is 0 Å². The third-order valence-corrected chi connectivity index (χ3v) is 3.55. The molecule has 5 nitrogen and oxygen atoms in total. The molecule has 2 aromatic heterocycles. The van der Waals surface area contributed by atoms with Crippen molar-refractivity contribution in [3.8, 4) is 0 Å². The first-order chi connectivity index (χ1) is 10.7. The predicted molar refractivity (Wildman–Crippen MR) is 82.7 cm³/mol. The quantitative estimate of drug-likeness (QED) is 0.615. The molecular formula is C16H12FN5. The highest BCUT2D eigenvalue weighted by Crippen LogP contribution is 2.27. The molecule has 0 radical (unpaired) electrons. The standard InChI is InChI=1S/C16H12FN5/c1-10-19-20-16-12-7-3-2-6-11(12)15(21-22(10)16)18-14-9-5-4-8-13(14)17/h2-9H,1H3,(H,18,21). The fourth-order valence-corrected chi connectivity index (χ4v) is 2.47. The van der Waals surface area contributed by atoms with E-state index in [0.717, 1.165) is 10.8 Å². The van der Waals surface area contributed by atoms with E-state index in [9.17, 15) is 4.39 Å². The summed E-state index contributed by atoms with van der Waals surface area (Å²) in [6, 6.07) is 14.2. The molecule has 0 aliphatic rings. The fourth-order valence-electron chi connectivity index (χ4n) is 2.47. The van der Waals surface area contributed by atoms with Gasteiger partial charge in [-0.15, -0.1) is 15.3 Å². The molecule has 0 fully saturated rings. The maximum Gasteiger partial charge on any atom is 0.185 e. The predicted octanol–water partition coefficient (Wildman–Crippen LogP) is 3.47. The van der Waals surface area contributed by atoms with Gasteiger partial charge in [0.25, 0.3) is 0 Å². The van der Waals surface area contributed by atoms with Gasteiger partial charge in [-0.05, 0) is 19.1 Å². The number of nitrogens with one attached hydrogen (secondary N) is 1. The first kappa shape index (κ1) is 12.7. The third-order valence-electron chi connectivity index (χ3n) is 3.55. The highest BCUT2D eigenvalue weighted by atomic mass is 19.1. The molecule has 0 unspecified atom stereocenters. The van der Waals surface area contributed by atoms with E-state index in [4.69, 9.17) is 0 Å². The van der Waals surface area contributed by atoms with Crippen LogP contribution in [-0.4, -0.2) is 19.8 Å². The molecule has 2 aromatic carbocycles. The number of nitrogens with zero attached hydrogens (tertiary/aromatic N) is 4. The summed E-state index contributed by atoms with van der Waals surface area (Å²) in [7, 11) is 0. The summed E-state index contributed by atoms with van der Waals surface area (Å²) in [5.74, 6) is 0.919. The van der Waals surface area contributed by atoms with Crippen LogP contribution in [0.1, 0.15) is 5.82 Å². The first-order valence-electron chi connectivity index (χ1n) is 6.86. The molecule has 4 aromatic rings. The zero-order chi connectivity index (χ0) is 15.1. The lowest BCUT2D eigenvalue weighted by molar-refractivity contribution is 0.631. The van der Waals surface area contributed by atoms with Gasteiger partial charge in [-0.2, -0.15) is 4.52 Å². The molecule has 1 N–H and O–H groups in total. The van der Waals surface area contributed by atoms with E-state index in [-0.39, 0.29) is 5.82 Å². The van der Waals surface area contributed by atoms with Gasteiger partial charge in [0.15, 0.2) is 17.3 Å². The largest absolute Gasteiger partial charge is 0.336 e. The molecule has 6 heteroatoms. The Labute approximate surface area is 125 Å². The number of aromatic nitrogens is 4. The van der Waals surface area contributed by atoms with Crippen LogP contribution in [0.4, 0.5) is 15.9 Å². The van der Waals surface area contributed by atoms with Crippen LogP contribution in [0.15, 0.2) is 48.5 Å². The van der Waals surface area contributed by atoms with Crippen LogP contribution in [0.3, 0.4) is 0 Å². The van der Waals surface area contributed by atoms with Crippen molar-refractivity contribution in [2.75, 3.05) is 5.32 Å². The van der Waals surface area contributed by atoms with E-state index in [1.807, 2.05) is 31.2 Å². The summed E-state index contributed by atoms with van der Waals surface area (Å²) >= 11 is 0. The van der Waals surface area contributed by atoms with Crippen molar-refractivity contribution >= 4 is 27.9 Å². The molecule has 0 amide bonds. The molecular weight excluding hydrogens is 281 g/mol. The van der Waals surface area contributed by atoms with Gasteiger partial charge in [0.2, 0.25) is 0 Å². The molecule has 0 saturated heterocycles. The first-order valence-corrected chi connectivity index (χ1v) is 6.86. The molecule has 0 atom stereocenters. The second-order valence-electron chi connectivity index (χ2n) is 4.98. The van der Waals surface area contributed by atoms with Crippen LogP contribution in [0.5, 0.6) is 0 Å². The molecule has 2 heterocycles. The van der Waals surface area contributed by atoms with Crippen LogP contribution in [0.25, 0.3) is 16.4 Å². The van der Waals surface area contributed by atoms with Crippen molar-refractivity contribution < 1.29 is 4.39 Å². The number of hydrogen-bond acceptors (Lipinski definition) is 4. The van der Waals surface area contributed by atoms with E-state index >= 15 is 0 Å². The fraction of sp³-hybridized carbons (Fsp3) is 0.0625. The highest BCUT2D eigenvalue weighted by Gasteiger charge is 2.13. The number of hydrogen-bond donors (Lipinski definition) is 1. The monoisotopic (exact) mass is 293 g/mol. The van der Waals surface area contributed by atoms with Gasteiger partial charge < -0.3 is 5.32 Å². The van der Waals surface area contributed by atoms with Gasteiger partial charge in [-0.1, -0.05) is 36.4 Å². The van der Waals surface area contributed by atoms with Gasteiger partial charge in [0, 0.05) is 10.8 Å². The van der Waals surface area contributed by atoms with Gasteiger partial charge >= 0.3 is 0 Å². The van der Waals surface area contributed by atoms with Crippen LogP contribution in [0.2, 0.25) is 0 Å². The lowest BCUT2D eigenvalue weighted by Gasteiger charge is -2.10. The lowest BCUT2D eigenvalue weighted by Crippen LogP contribution is -2.03. The van der Waals surface area contributed by atoms with Gasteiger partial charge in [-0.3, -0.25) is 0 Å². The van der Waals surface area contributed by atoms with Crippen molar-refractivity contribution in [3.63, 3.8) is 0 Å². The average Bonchev–Trinajstić information content (AvgIpc) is 2.91. The smallest absolute Gasteiger partial charge is 0.185 e. The van der Waals surface area contributed by atoms with Crippen molar-refractivity contribution in [2.45, 2.75) is 6.92 Å². The van der Waals surface area contributed by atoms with E-state index in [1.54, 1.807) is 22.7 Å². The molecule has 22 heavy (non-hydrogen) atoms. The SMILES string of the molecule is Cc1nnc2c3ccccc3c(Nc3ccccc3F)nn12. The number of anilines is 2. The number of aryl methyl sites for hydroxylation is 1. The zero-order valence-corrected chi connectivity index (χ0v) is 11.8. The van der Waals surface area contributed by atoms with Gasteiger partial charge in [0.05, 0.1) is 5.69 Å². The molecule has 0 bridgehead atoms. The van der Waals surface area contributed by atoms with E-state index in [1.165, 1.54) is 6.07 Å². The molecule has 4 rings (SSSR count). The number of fused-ring (bicyclic) bond motifs is 3. The van der Waals surface area contributed by atoms with Crippen LogP contribution < -0.4 is 5.32 Å². The Morgan fingerprint density at radius 3 is 2.50 bits per heavy atom. The van der Waals surface area contributed by atoms with Crippen LogP contribution in [0, 0.1) is 12.7 Å². The number of halogens is 1. The minimum absolute atomic E-state index is 0.325. The summed E-state index contributed by atoms with van der Waals surface area (Å²) in [4.78, 5) is 0. The highest BCUT2D eigenvalue weighted by molar-refractivity contribution is 6.00. The lowest BCUT2D eigenvalue weighted by atomic mass is 10.2. The third kappa shape index (κ3) is 1.88. The molecule has 108 valence electrons. The summed E-state index contributed by atoms with van der Waals surface area (Å²) in [6.07, 6.45) is 0. The number of para-hydroxylation sites is 1. The Morgan fingerprint density at radius 1 is 0.955 bits per heavy atom. The number of benzene rings is 2. The van der Waals surface area contributed by atoms with Gasteiger partial charge in [0.1, 0.15) is 5.82 Å². The Hall–Kier alpha value is -3.02. The minimum Gasteiger partial charge on any atom is -0.336 e. The summed E-state index contributed by atoms with van der Waals surface area (Å²) < 4.78 is 15.5. The van der Waals surface area contributed by atoms with Crippen molar-refractivity contribution in [1.82, 2.24) is 19.8 Å². The summed E-state index contributed by atoms with van der Waals surface area (Å²) in [5.41, 5.74) is 1.07. The molecule has 0 spiro atoms. The van der Waals surface area contributed by atoms with E-state index in [2.05, 4.69) is 20.6 Å². The molecule has 0 aliphatic heterocycles. The minimum atomic E-state index is -0.325. The maximum absolute atomic E-state index is 13.9. The topological polar surface area (TPSA) is 55.1 Å². The maximum atomic E-state index is 13.9. The van der Waals surface area contributed by atoms with Crippen molar-refractivity contribution in [2.24, 2.45) is 0 Å². The normalized spacial score (nSPS) is 11.2. The summed E-state index contributed by atoms with van der Waals surface area (Å²) in [5, 5.41) is 17.6. The Balaban J connectivity index is 1.99. The second kappa shape index (κ2) is 4.77. The zero-order valence-electron chi connectivity index (χ0n) is 11.8. The Kier molecular flexibility index (Phi) is 2.75. The van der Waals surface area contributed by atoms with Crippen molar-refractivity contribution in [3.05, 3.63) is 60.2 Å². The van der Waals surface area contributed by atoms with Crippen molar-refractivity contribution in [1.29, 1.82) is 0 Å². The molecule has 0 saturated carbocycles. The van der Waals surface area contributed by atoms with Crippen LogP contribution >= 0.6 is 0 Å². The Morgan fingerprint density at radius 2 is 1.68 bits per heavy atom. The van der Waals surface area contributed by atoms with E-state index in [0.29, 0.717) is 23.0 Å². The Bertz CT molecular complexity index is 992. The van der Waals surface area contributed by atoms with Gasteiger partial charge in [-0.25, -0.2) is 4.39 Å². The number of rotatable bonds is 2. The summed E-state index contributed by atoms with van der Waals surface area (Å²) in [6.45, 7) is 1.83. The average molecular weight is 293 g/mol.